The number of fused-ring (bicyclic) bond motifs is 1. The topological polar surface area (TPSA) is 44.5 Å². The van der Waals surface area contributed by atoms with Crippen molar-refractivity contribution in [3.63, 3.8) is 0 Å². The van der Waals surface area contributed by atoms with E-state index in [-0.39, 0.29) is 6.04 Å². The van der Waals surface area contributed by atoms with E-state index in [1.807, 2.05) is 12.1 Å². The van der Waals surface area contributed by atoms with Gasteiger partial charge < -0.3 is 15.2 Å². The third-order valence-electron chi connectivity index (χ3n) is 3.68. The standard InChI is InChI=1S/C16H15Cl2NO2/c1-20-15-8-12(17)11(7-13(15)18)16(19)10-2-3-14-9(6-10)4-5-21-14/h2-3,6-8,16H,4-5,19H2,1H3. The van der Waals surface area contributed by atoms with Crippen molar-refractivity contribution in [2.45, 2.75) is 12.5 Å². The molecule has 0 aromatic heterocycles. The van der Waals surface area contributed by atoms with Gasteiger partial charge in [-0.1, -0.05) is 35.3 Å². The molecule has 110 valence electrons. The van der Waals surface area contributed by atoms with E-state index in [9.17, 15) is 0 Å². The average molecular weight is 324 g/mol. The van der Waals surface area contributed by atoms with Gasteiger partial charge in [-0.15, -0.1) is 0 Å². The van der Waals surface area contributed by atoms with E-state index in [2.05, 4.69) is 6.07 Å². The van der Waals surface area contributed by atoms with Gasteiger partial charge in [-0.25, -0.2) is 0 Å². The summed E-state index contributed by atoms with van der Waals surface area (Å²) in [5.74, 6) is 1.48. The quantitative estimate of drug-likeness (QED) is 0.929. The third kappa shape index (κ3) is 2.69. The zero-order valence-electron chi connectivity index (χ0n) is 11.5. The normalized spacial score (nSPS) is 14.5. The van der Waals surface area contributed by atoms with Crippen LogP contribution in [0.15, 0.2) is 30.3 Å². The van der Waals surface area contributed by atoms with Crippen LogP contribution in [-0.4, -0.2) is 13.7 Å². The predicted octanol–water partition coefficient (Wildman–Crippen LogP) is 3.99. The zero-order chi connectivity index (χ0) is 15.0. The highest BCUT2D eigenvalue weighted by atomic mass is 35.5. The summed E-state index contributed by atoms with van der Waals surface area (Å²) >= 11 is 12.5. The minimum atomic E-state index is -0.341. The van der Waals surface area contributed by atoms with Crippen molar-refractivity contribution in [1.29, 1.82) is 0 Å². The first-order valence-electron chi connectivity index (χ1n) is 6.64. The Morgan fingerprint density at radius 1 is 1.19 bits per heavy atom. The van der Waals surface area contributed by atoms with E-state index in [0.29, 0.717) is 15.8 Å². The van der Waals surface area contributed by atoms with E-state index >= 15 is 0 Å². The van der Waals surface area contributed by atoms with Gasteiger partial charge in [-0.3, -0.25) is 0 Å². The smallest absolute Gasteiger partial charge is 0.138 e. The molecule has 21 heavy (non-hydrogen) atoms. The molecule has 0 aliphatic carbocycles. The molecule has 0 amide bonds. The van der Waals surface area contributed by atoms with Crippen LogP contribution in [0.1, 0.15) is 22.7 Å². The molecule has 2 aromatic rings. The van der Waals surface area contributed by atoms with Gasteiger partial charge in [0.05, 0.1) is 24.8 Å². The number of ether oxygens (including phenoxy) is 2. The van der Waals surface area contributed by atoms with Crippen LogP contribution >= 0.6 is 23.2 Å². The van der Waals surface area contributed by atoms with Gasteiger partial charge in [0.15, 0.2) is 0 Å². The summed E-state index contributed by atoms with van der Waals surface area (Å²) in [5.41, 5.74) is 9.29. The number of methoxy groups -OCH3 is 1. The van der Waals surface area contributed by atoms with Crippen molar-refractivity contribution >= 4 is 23.2 Å². The molecule has 5 heteroatoms. The highest BCUT2D eigenvalue weighted by Gasteiger charge is 2.19. The first kappa shape index (κ1) is 14.5. The lowest BCUT2D eigenvalue weighted by molar-refractivity contribution is 0.357. The lowest BCUT2D eigenvalue weighted by atomic mass is 9.97. The number of rotatable bonds is 3. The zero-order valence-corrected chi connectivity index (χ0v) is 13.0. The first-order valence-corrected chi connectivity index (χ1v) is 7.40. The molecule has 1 heterocycles. The van der Waals surface area contributed by atoms with Crippen LogP contribution in [0.5, 0.6) is 11.5 Å². The second kappa shape index (κ2) is 5.76. The second-order valence-corrected chi connectivity index (χ2v) is 5.77. The number of hydrogen-bond acceptors (Lipinski definition) is 3. The number of halogens is 2. The molecule has 0 spiro atoms. The molecule has 0 saturated heterocycles. The van der Waals surface area contributed by atoms with Crippen LogP contribution in [0.25, 0.3) is 0 Å². The van der Waals surface area contributed by atoms with Crippen molar-refractivity contribution in [2.75, 3.05) is 13.7 Å². The third-order valence-corrected chi connectivity index (χ3v) is 4.30. The Balaban J connectivity index is 1.98. The molecule has 0 radical (unpaired) electrons. The maximum atomic E-state index is 6.35. The second-order valence-electron chi connectivity index (χ2n) is 4.95. The van der Waals surface area contributed by atoms with Crippen molar-refractivity contribution < 1.29 is 9.47 Å². The lowest BCUT2D eigenvalue weighted by Crippen LogP contribution is -2.12. The summed E-state index contributed by atoms with van der Waals surface area (Å²) in [7, 11) is 1.55. The minimum Gasteiger partial charge on any atom is -0.495 e. The molecular formula is C16H15Cl2NO2. The van der Waals surface area contributed by atoms with Crippen LogP contribution in [-0.2, 0) is 6.42 Å². The maximum Gasteiger partial charge on any atom is 0.138 e. The molecule has 0 saturated carbocycles. The fraction of sp³-hybridized carbons (Fsp3) is 0.250. The molecule has 0 bridgehead atoms. The van der Waals surface area contributed by atoms with Gasteiger partial charge in [-0.2, -0.15) is 0 Å². The van der Waals surface area contributed by atoms with Crippen LogP contribution in [0.3, 0.4) is 0 Å². The maximum absolute atomic E-state index is 6.35. The summed E-state index contributed by atoms with van der Waals surface area (Å²) in [6.45, 7) is 0.725. The molecule has 1 aliphatic rings. The summed E-state index contributed by atoms with van der Waals surface area (Å²) in [6, 6.07) is 9.10. The molecule has 3 rings (SSSR count). The number of hydrogen-bond donors (Lipinski definition) is 1. The molecule has 1 atom stereocenters. The summed E-state index contributed by atoms with van der Waals surface area (Å²) in [6.07, 6.45) is 0.910. The number of nitrogens with two attached hydrogens (primary N) is 1. The Kier molecular flexibility index (Phi) is 3.98. The van der Waals surface area contributed by atoms with Gasteiger partial charge in [0.25, 0.3) is 0 Å². The number of benzene rings is 2. The van der Waals surface area contributed by atoms with Gasteiger partial charge in [0.2, 0.25) is 0 Å². The van der Waals surface area contributed by atoms with Gasteiger partial charge in [-0.05, 0) is 28.8 Å². The fourth-order valence-corrected chi connectivity index (χ4v) is 3.04. The Labute approximate surface area is 133 Å². The van der Waals surface area contributed by atoms with E-state index in [1.165, 1.54) is 5.56 Å². The molecule has 2 aromatic carbocycles. The monoisotopic (exact) mass is 323 g/mol. The van der Waals surface area contributed by atoms with E-state index in [4.69, 9.17) is 38.4 Å². The summed E-state index contributed by atoms with van der Waals surface area (Å²) in [4.78, 5) is 0. The SMILES string of the molecule is COc1cc(Cl)c(C(N)c2ccc3c(c2)CCO3)cc1Cl. The van der Waals surface area contributed by atoms with Gasteiger partial charge >= 0.3 is 0 Å². The van der Waals surface area contributed by atoms with Crippen LogP contribution in [0.2, 0.25) is 10.0 Å². The average Bonchev–Trinajstić information content (AvgIpc) is 2.95. The van der Waals surface area contributed by atoms with Crippen LogP contribution in [0.4, 0.5) is 0 Å². The Morgan fingerprint density at radius 2 is 2.00 bits per heavy atom. The molecule has 1 unspecified atom stereocenters. The fourth-order valence-electron chi connectivity index (χ4n) is 2.52. The molecule has 3 nitrogen and oxygen atoms in total. The van der Waals surface area contributed by atoms with E-state index in [1.54, 1.807) is 19.2 Å². The van der Waals surface area contributed by atoms with Crippen molar-refractivity contribution in [3.05, 3.63) is 57.1 Å². The Hall–Kier alpha value is -1.42. The highest BCUT2D eigenvalue weighted by Crippen LogP contribution is 2.36. The van der Waals surface area contributed by atoms with Crippen molar-refractivity contribution in [3.8, 4) is 11.5 Å². The summed E-state index contributed by atoms with van der Waals surface area (Å²) < 4.78 is 10.7. The Morgan fingerprint density at radius 3 is 2.76 bits per heavy atom. The van der Waals surface area contributed by atoms with Crippen LogP contribution < -0.4 is 15.2 Å². The highest BCUT2D eigenvalue weighted by molar-refractivity contribution is 6.34. The summed E-state index contributed by atoms with van der Waals surface area (Å²) in [5, 5.41) is 1.04. The molecular weight excluding hydrogens is 309 g/mol. The van der Waals surface area contributed by atoms with Gasteiger partial charge in [0, 0.05) is 17.5 Å². The van der Waals surface area contributed by atoms with Crippen molar-refractivity contribution in [1.82, 2.24) is 0 Å². The van der Waals surface area contributed by atoms with E-state index < -0.39 is 0 Å². The molecule has 2 N–H and O–H groups in total. The van der Waals surface area contributed by atoms with E-state index in [0.717, 1.165) is 29.9 Å². The molecule has 0 fully saturated rings. The minimum absolute atomic E-state index is 0.341. The first-order chi connectivity index (χ1) is 10.1. The van der Waals surface area contributed by atoms with Crippen LogP contribution in [0, 0.1) is 0 Å². The van der Waals surface area contributed by atoms with Crippen molar-refractivity contribution in [2.24, 2.45) is 5.73 Å². The lowest BCUT2D eigenvalue weighted by Gasteiger charge is -2.17. The van der Waals surface area contributed by atoms with Gasteiger partial charge in [0.1, 0.15) is 11.5 Å². The predicted molar refractivity (Wildman–Crippen MR) is 84.7 cm³/mol. The largest absolute Gasteiger partial charge is 0.495 e. The molecule has 1 aliphatic heterocycles. The Bertz CT molecular complexity index is 688.